The van der Waals surface area contributed by atoms with Crippen LogP contribution in [0.5, 0.6) is 5.75 Å². The predicted octanol–water partition coefficient (Wildman–Crippen LogP) is 1.44. The van der Waals surface area contributed by atoms with Crippen LogP contribution in [0.25, 0.3) is 0 Å². The van der Waals surface area contributed by atoms with Crippen molar-refractivity contribution in [2.45, 2.75) is 13.0 Å². The zero-order valence-corrected chi connectivity index (χ0v) is 8.25. The van der Waals surface area contributed by atoms with Gasteiger partial charge in [0.25, 0.3) is 0 Å². The van der Waals surface area contributed by atoms with Crippen molar-refractivity contribution in [1.82, 2.24) is 0 Å². The highest BCUT2D eigenvalue weighted by atomic mass is 35.5. The van der Waals surface area contributed by atoms with Gasteiger partial charge < -0.3 is 15.9 Å². The number of benzene rings is 1. The molecule has 1 rings (SSSR count). The number of aliphatic carboxylic acids is 1. The van der Waals surface area contributed by atoms with Crippen molar-refractivity contribution in [2.75, 3.05) is 0 Å². The highest BCUT2D eigenvalue weighted by Crippen LogP contribution is 2.32. The molecule has 0 saturated carbocycles. The summed E-state index contributed by atoms with van der Waals surface area (Å²) >= 11 is 5.83. The largest absolute Gasteiger partial charge is 0.508 e. The normalized spacial score (nSPS) is 12.5. The Kier molecular flexibility index (Phi) is 2.98. The summed E-state index contributed by atoms with van der Waals surface area (Å²) in [5.74, 6) is -1.43. The van der Waals surface area contributed by atoms with E-state index in [1.807, 2.05) is 0 Å². The molecule has 0 bridgehead atoms. The number of phenolic OH excluding ortho intramolecular Hbond substituents is 1. The highest BCUT2D eigenvalue weighted by molar-refractivity contribution is 6.32. The van der Waals surface area contributed by atoms with E-state index in [1.165, 1.54) is 6.07 Å². The highest BCUT2D eigenvalue weighted by Gasteiger charge is 2.22. The molecule has 0 saturated heterocycles. The zero-order chi connectivity index (χ0) is 10.9. The molecule has 0 fully saturated rings. The van der Waals surface area contributed by atoms with Crippen molar-refractivity contribution in [2.24, 2.45) is 5.73 Å². The van der Waals surface area contributed by atoms with Crippen LogP contribution in [0.2, 0.25) is 5.02 Å². The summed E-state index contributed by atoms with van der Waals surface area (Å²) in [6, 6.07) is 1.66. The molecule has 14 heavy (non-hydrogen) atoms. The van der Waals surface area contributed by atoms with E-state index in [1.54, 1.807) is 13.0 Å². The van der Waals surface area contributed by atoms with E-state index in [9.17, 15) is 9.90 Å². The Labute approximate surface area is 85.9 Å². The van der Waals surface area contributed by atoms with Crippen molar-refractivity contribution in [3.05, 3.63) is 28.3 Å². The maximum Gasteiger partial charge on any atom is 0.325 e. The molecule has 0 spiro atoms. The number of carboxylic acids is 1. The van der Waals surface area contributed by atoms with E-state index < -0.39 is 12.0 Å². The van der Waals surface area contributed by atoms with Gasteiger partial charge in [0.1, 0.15) is 11.8 Å². The number of carbonyl (C=O) groups is 1. The van der Waals surface area contributed by atoms with Gasteiger partial charge in [-0.2, -0.15) is 0 Å². The first-order valence-electron chi connectivity index (χ1n) is 3.91. The molecule has 0 radical (unpaired) electrons. The van der Waals surface area contributed by atoms with Crippen molar-refractivity contribution < 1.29 is 15.0 Å². The fraction of sp³-hybridized carbons (Fsp3) is 0.222. The van der Waals surface area contributed by atoms with Crippen LogP contribution in [0.4, 0.5) is 0 Å². The van der Waals surface area contributed by atoms with Gasteiger partial charge >= 0.3 is 5.97 Å². The molecule has 1 unspecified atom stereocenters. The van der Waals surface area contributed by atoms with E-state index in [0.29, 0.717) is 5.56 Å². The summed E-state index contributed by atoms with van der Waals surface area (Å²) in [6.45, 7) is 1.71. The summed E-state index contributed by atoms with van der Waals surface area (Å²) in [4.78, 5) is 10.6. The molecular weight excluding hydrogens is 206 g/mol. The lowest BCUT2D eigenvalue weighted by atomic mass is 10.0. The Morgan fingerprint density at radius 2 is 2.14 bits per heavy atom. The SMILES string of the molecule is Cc1ccc(O)c(C(N)C(=O)O)c1Cl. The van der Waals surface area contributed by atoms with Gasteiger partial charge in [-0.3, -0.25) is 4.79 Å². The number of aromatic hydroxyl groups is 1. The summed E-state index contributed by atoms with van der Waals surface area (Å²) in [5.41, 5.74) is 6.10. The Balaban J connectivity index is 3.32. The van der Waals surface area contributed by atoms with Crippen LogP contribution in [-0.2, 0) is 4.79 Å². The van der Waals surface area contributed by atoms with Crippen molar-refractivity contribution >= 4 is 17.6 Å². The fourth-order valence-corrected chi connectivity index (χ4v) is 1.39. The first-order chi connectivity index (χ1) is 6.45. The quantitative estimate of drug-likeness (QED) is 0.697. The van der Waals surface area contributed by atoms with E-state index >= 15 is 0 Å². The van der Waals surface area contributed by atoms with Crippen LogP contribution in [0.15, 0.2) is 12.1 Å². The Morgan fingerprint density at radius 3 is 2.64 bits per heavy atom. The first kappa shape index (κ1) is 10.8. The predicted molar refractivity (Wildman–Crippen MR) is 52.4 cm³/mol. The maximum absolute atomic E-state index is 10.6. The van der Waals surface area contributed by atoms with Gasteiger partial charge in [-0.1, -0.05) is 17.7 Å². The van der Waals surface area contributed by atoms with Gasteiger partial charge in [-0.25, -0.2) is 0 Å². The minimum atomic E-state index is -1.30. The molecular formula is C9H10ClNO3. The monoisotopic (exact) mass is 215 g/mol. The van der Waals surface area contributed by atoms with E-state index in [4.69, 9.17) is 22.4 Å². The van der Waals surface area contributed by atoms with Crippen LogP contribution in [0.3, 0.4) is 0 Å². The van der Waals surface area contributed by atoms with Crippen molar-refractivity contribution in [3.8, 4) is 5.75 Å². The molecule has 1 aromatic rings. The molecule has 76 valence electrons. The van der Waals surface area contributed by atoms with Crippen molar-refractivity contribution in [1.29, 1.82) is 0 Å². The zero-order valence-electron chi connectivity index (χ0n) is 7.49. The molecule has 0 amide bonds. The second kappa shape index (κ2) is 3.86. The van der Waals surface area contributed by atoms with Crippen LogP contribution in [-0.4, -0.2) is 16.2 Å². The topological polar surface area (TPSA) is 83.5 Å². The van der Waals surface area contributed by atoms with Gasteiger partial charge in [0.05, 0.1) is 5.02 Å². The van der Waals surface area contributed by atoms with Gasteiger partial charge in [0, 0.05) is 5.56 Å². The second-order valence-corrected chi connectivity index (χ2v) is 3.32. The van der Waals surface area contributed by atoms with Crippen LogP contribution in [0, 0.1) is 6.92 Å². The summed E-state index contributed by atoms with van der Waals surface area (Å²) in [7, 11) is 0. The molecule has 4 nitrogen and oxygen atoms in total. The molecule has 0 aliphatic rings. The number of halogens is 1. The van der Waals surface area contributed by atoms with Gasteiger partial charge in [-0.15, -0.1) is 0 Å². The number of carboxylic acid groups (broad SMARTS) is 1. The van der Waals surface area contributed by atoms with E-state index in [-0.39, 0.29) is 16.3 Å². The van der Waals surface area contributed by atoms with Gasteiger partial charge in [0.2, 0.25) is 0 Å². The molecule has 1 atom stereocenters. The molecule has 1 aromatic carbocycles. The Bertz CT molecular complexity index is 379. The third-order valence-corrected chi connectivity index (χ3v) is 2.43. The average molecular weight is 216 g/mol. The van der Waals surface area contributed by atoms with E-state index in [0.717, 1.165) is 0 Å². The van der Waals surface area contributed by atoms with Crippen molar-refractivity contribution in [3.63, 3.8) is 0 Å². The minimum Gasteiger partial charge on any atom is -0.508 e. The summed E-state index contributed by atoms with van der Waals surface area (Å²) < 4.78 is 0. The standard InChI is InChI=1S/C9H10ClNO3/c1-4-2-3-5(12)6(7(4)10)8(11)9(13)14/h2-3,8,12H,11H2,1H3,(H,13,14). The van der Waals surface area contributed by atoms with Crippen LogP contribution < -0.4 is 5.73 Å². The number of rotatable bonds is 2. The summed E-state index contributed by atoms with van der Waals surface area (Å²) in [6.07, 6.45) is 0. The smallest absolute Gasteiger partial charge is 0.325 e. The average Bonchev–Trinajstić information content (AvgIpc) is 2.12. The number of aryl methyl sites for hydroxylation is 1. The van der Waals surface area contributed by atoms with E-state index in [2.05, 4.69) is 0 Å². The lowest BCUT2D eigenvalue weighted by Crippen LogP contribution is -2.21. The second-order valence-electron chi connectivity index (χ2n) is 2.95. The number of phenols is 1. The fourth-order valence-electron chi connectivity index (χ4n) is 1.11. The molecule has 5 heteroatoms. The van der Waals surface area contributed by atoms with Gasteiger partial charge in [-0.05, 0) is 18.6 Å². The van der Waals surface area contributed by atoms with Crippen LogP contribution >= 0.6 is 11.6 Å². The van der Waals surface area contributed by atoms with Gasteiger partial charge in [0.15, 0.2) is 0 Å². The number of hydrogen-bond donors (Lipinski definition) is 3. The third-order valence-electron chi connectivity index (χ3n) is 1.93. The molecule has 0 aliphatic carbocycles. The Hall–Kier alpha value is -1.26. The molecule has 0 aliphatic heterocycles. The lowest BCUT2D eigenvalue weighted by Gasteiger charge is -2.12. The molecule has 4 N–H and O–H groups in total. The minimum absolute atomic E-state index is 0.0548. The maximum atomic E-state index is 10.6. The number of hydrogen-bond acceptors (Lipinski definition) is 3. The van der Waals surface area contributed by atoms with Crippen LogP contribution in [0.1, 0.15) is 17.2 Å². The number of nitrogens with two attached hydrogens (primary N) is 1. The molecule has 0 heterocycles. The lowest BCUT2D eigenvalue weighted by molar-refractivity contribution is -0.138. The first-order valence-corrected chi connectivity index (χ1v) is 4.29. The summed E-state index contributed by atoms with van der Waals surface area (Å²) in [5, 5.41) is 18.3. The third kappa shape index (κ3) is 1.81. The molecule has 0 aromatic heterocycles. The Morgan fingerprint density at radius 1 is 1.57 bits per heavy atom.